The number of H-pyrrole nitrogens is 1. The lowest BCUT2D eigenvalue weighted by molar-refractivity contribution is 0.0921. The summed E-state index contributed by atoms with van der Waals surface area (Å²) in [6.07, 6.45) is 7.67. The summed E-state index contributed by atoms with van der Waals surface area (Å²) in [4.78, 5) is 17.5. The van der Waals surface area contributed by atoms with Gasteiger partial charge in [0.15, 0.2) is 5.58 Å². The van der Waals surface area contributed by atoms with Gasteiger partial charge in [0, 0.05) is 46.4 Å². The maximum Gasteiger partial charge on any atom is 0.251 e. The van der Waals surface area contributed by atoms with E-state index >= 15 is 0 Å². The second-order valence-corrected chi connectivity index (χ2v) is 8.96. The van der Waals surface area contributed by atoms with Crippen LogP contribution in [0.3, 0.4) is 0 Å². The minimum atomic E-state index is -0.0949. The highest BCUT2D eigenvalue weighted by Crippen LogP contribution is 2.34. The van der Waals surface area contributed by atoms with E-state index in [1.807, 2.05) is 54.6 Å². The third kappa shape index (κ3) is 3.74. The molecule has 0 bridgehead atoms. The van der Waals surface area contributed by atoms with Crippen LogP contribution in [0.1, 0.15) is 36.0 Å². The van der Waals surface area contributed by atoms with E-state index in [1.165, 1.54) is 0 Å². The van der Waals surface area contributed by atoms with E-state index in [0.29, 0.717) is 11.1 Å². The fourth-order valence-electron chi connectivity index (χ4n) is 4.82. The van der Waals surface area contributed by atoms with Gasteiger partial charge in [-0.15, -0.1) is 0 Å². The summed E-state index contributed by atoms with van der Waals surface area (Å²) in [5.74, 6) is 0.633. The lowest BCUT2D eigenvalue weighted by atomic mass is 9.91. The highest BCUT2D eigenvalue weighted by Gasteiger charge is 2.24. The van der Waals surface area contributed by atoms with Gasteiger partial charge in [-0.05, 0) is 42.7 Å². The Morgan fingerprint density at radius 3 is 2.88 bits per heavy atom. The molecule has 2 aromatic carbocycles. The molecule has 0 unspecified atom stereocenters. The molecule has 7 heteroatoms. The molecule has 1 aliphatic carbocycles. The Morgan fingerprint density at radius 1 is 1.06 bits per heavy atom. The lowest BCUT2D eigenvalue weighted by Crippen LogP contribution is -2.49. The summed E-state index contributed by atoms with van der Waals surface area (Å²) < 4.78 is 6.29. The van der Waals surface area contributed by atoms with Gasteiger partial charge in [0.05, 0.1) is 11.7 Å². The number of furan rings is 1. The molecule has 1 saturated carbocycles. The molecule has 3 aromatic heterocycles. The number of carbonyl (C=O) groups is 1. The molecule has 0 radical (unpaired) electrons. The number of carbonyl (C=O) groups excluding carboxylic acids is 1. The van der Waals surface area contributed by atoms with Crippen molar-refractivity contribution in [2.45, 2.75) is 37.8 Å². The molecule has 170 valence electrons. The molecule has 4 N–H and O–H groups in total. The largest absolute Gasteiger partial charge is 0.454 e. The second-order valence-electron chi connectivity index (χ2n) is 8.96. The lowest BCUT2D eigenvalue weighted by Gasteiger charge is -2.29. The summed E-state index contributed by atoms with van der Waals surface area (Å²) in [5.41, 5.74) is 12.0. The highest BCUT2D eigenvalue weighted by atomic mass is 16.3. The Labute approximate surface area is 196 Å². The molecule has 7 nitrogen and oxygen atoms in total. The number of amides is 1. The van der Waals surface area contributed by atoms with Gasteiger partial charge in [-0.2, -0.15) is 5.10 Å². The van der Waals surface area contributed by atoms with E-state index < -0.39 is 0 Å². The van der Waals surface area contributed by atoms with Crippen molar-refractivity contribution >= 4 is 27.9 Å². The number of nitrogens with zero attached hydrogens (tertiary/aromatic N) is 2. The van der Waals surface area contributed by atoms with Crippen molar-refractivity contribution in [3.05, 3.63) is 72.6 Å². The molecule has 34 heavy (non-hydrogen) atoms. The zero-order valence-electron chi connectivity index (χ0n) is 18.6. The predicted octanol–water partition coefficient (Wildman–Crippen LogP) is 5.04. The molecule has 1 fully saturated rings. The van der Waals surface area contributed by atoms with Crippen molar-refractivity contribution in [3.8, 4) is 22.5 Å². The minimum absolute atomic E-state index is 0.0169. The van der Waals surface area contributed by atoms with Crippen molar-refractivity contribution < 1.29 is 9.21 Å². The third-order valence-electron chi connectivity index (χ3n) is 6.71. The van der Waals surface area contributed by atoms with Crippen molar-refractivity contribution in [3.63, 3.8) is 0 Å². The summed E-state index contributed by atoms with van der Waals surface area (Å²) in [7, 11) is 0. The predicted molar refractivity (Wildman–Crippen MR) is 132 cm³/mol. The number of nitrogens with two attached hydrogens (primary N) is 1. The first-order valence-electron chi connectivity index (χ1n) is 11.6. The SMILES string of the molecule is N[C@H]1CCCC[C@H]1NC(=O)c1cccc(-c2ccnc3cc(-c4ccc5cn[nH]c5c4)oc23)c1. The number of benzene rings is 2. The zero-order chi connectivity index (χ0) is 23.1. The number of nitrogens with one attached hydrogen (secondary N) is 2. The van der Waals surface area contributed by atoms with E-state index in [9.17, 15) is 4.79 Å². The third-order valence-corrected chi connectivity index (χ3v) is 6.71. The Kier molecular flexibility index (Phi) is 5.11. The van der Waals surface area contributed by atoms with Gasteiger partial charge in [-0.3, -0.25) is 14.9 Å². The summed E-state index contributed by atoms with van der Waals surface area (Å²) in [5, 5.41) is 11.3. The highest BCUT2D eigenvalue weighted by molar-refractivity contribution is 5.98. The van der Waals surface area contributed by atoms with Gasteiger partial charge in [-0.1, -0.05) is 37.1 Å². The van der Waals surface area contributed by atoms with Crippen LogP contribution in [0.2, 0.25) is 0 Å². The molecule has 2 atom stereocenters. The molecular formula is C27H25N5O2. The monoisotopic (exact) mass is 451 g/mol. The second kappa shape index (κ2) is 8.43. The van der Waals surface area contributed by atoms with Crippen LogP contribution in [0.25, 0.3) is 44.5 Å². The summed E-state index contributed by atoms with van der Waals surface area (Å²) in [6, 6.07) is 17.5. The van der Waals surface area contributed by atoms with Crippen molar-refractivity contribution in [1.82, 2.24) is 20.5 Å². The van der Waals surface area contributed by atoms with Crippen LogP contribution in [-0.4, -0.2) is 33.2 Å². The molecule has 0 spiro atoms. The molecule has 6 rings (SSSR count). The van der Waals surface area contributed by atoms with Crippen LogP contribution in [0, 0.1) is 0 Å². The van der Waals surface area contributed by atoms with Crippen LogP contribution in [0.4, 0.5) is 0 Å². The van der Waals surface area contributed by atoms with E-state index in [0.717, 1.165) is 64.6 Å². The number of pyridine rings is 1. The Hall–Kier alpha value is -3.97. The topological polar surface area (TPSA) is 110 Å². The first kappa shape index (κ1) is 20.6. The maximum atomic E-state index is 13.0. The van der Waals surface area contributed by atoms with Crippen LogP contribution in [0.15, 0.2) is 71.4 Å². The molecule has 0 saturated heterocycles. The number of aromatic nitrogens is 3. The number of rotatable bonds is 4. The smallest absolute Gasteiger partial charge is 0.251 e. The zero-order valence-corrected chi connectivity index (χ0v) is 18.6. The fraction of sp³-hybridized carbons (Fsp3) is 0.222. The molecular weight excluding hydrogens is 426 g/mol. The Balaban J connectivity index is 1.33. The number of hydrogen-bond acceptors (Lipinski definition) is 5. The van der Waals surface area contributed by atoms with Gasteiger partial charge < -0.3 is 15.5 Å². The van der Waals surface area contributed by atoms with Crippen LogP contribution in [-0.2, 0) is 0 Å². The first-order valence-corrected chi connectivity index (χ1v) is 11.6. The quantitative estimate of drug-likeness (QED) is 0.355. The van der Waals surface area contributed by atoms with Gasteiger partial charge in [0.25, 0.3) is 5.91 Å². The van der Waals surface area contributed by atoms with E-state index in [1.54, 1.807) is 12.4 Å². The molecule has 5 aromatic rings. The van der Waals surface area contributed by atoms with Crippen molar-refractivity contribution in [2.75, 3.05) is 0 Å². The number of aromatic amines is 1. The molecule has 1 amide bonds. The van der Waals surface area contributed by atoms with Crippen molar-refractivity contribution in [1.29, 1.82) is 0 Å². The van der Waals surface area contributed by atoms with Gasteiger partial charge >= 0.3 is 0 Å². The van der Waals surface area contributed by atoms with Crippen LogP contribution >= 0.6 is 0 Å². The van der Waals surface area contributed by atoms with Crippen molar-refractivity contribution in [2.24, 2.45) is 5.73 Å². The Morgan fingerprint density at radius 2 is 1.97 bits per heavy atom. The van der Waals surface area contributed by atoms with E-state index in [-0.39, 0.29) is 18.0 Å². The van der Waals surface area contributed by atoms with E-state index in [4.69, 9.17) is 10.2 Å². The van der Waals surface area contributed by atoms with Crippen LogP contribution < -0.4 is 11.1 Å². The summed E-state index contributed by atoms with van der Waals surface area (Å²) in [6.45, 7) is 0. The molecule has 3 heterocycles. The van der Waals surface area contributed by atoms with Gasteiger partial charge in [-0.25, -0.2) is 0 Å². The maximum absolute atomic E-state index is 13.0. The average Bonchev–Trinajstić information content (AvgIpc) is 3.52. The van der Waals surface area contributed by atoms with Gasteiger partial charge in [0.2, 0.25) is 0 Å². The Bertz CT molecular complexity index is 1500. The first-order chi connectivity index (χ1) is 16.7. The van der Waals surface area contributed by atoms with Gasteiger partial charge in [0.1, 0.15) is 11.3 Å². The normalized spacial score (nSPS) is 18.4. The number of fused-ring (bicyclic) bond motifs is 2. The standard InChI is InChI=1S/C27H25N5O2/c28-21-6-1-2-7-22(21)31-27(33)18-5-3-4-16(12-18)20-10-11-29-24-14-25(34-26(20)24)17-8-9-19-15-30-32-23(19)13-17/h3-5,8-15,21-22H,1-2,6-7,28H2,(H,30,32)(H,31,33)/t21-,22+/m0/s1. The average molecular weight is 452 g/mol. The number of hydrogen-bond donors (Lipinski definition) is 3. The summed E-state index contributed by atoms with van der Waals surface area (Å²) >= 11 is 0. The van der Waals surface area contributed by atoms with Crippen LogP contribution in [0.5, 0.6) is 0 Å². The molecule has 0 aliphatic heterocycles. The fourth-order valence-corrected chi connectivity index (χ4v) is 4.82. The minimum Gasteiger partial charge on any atom is -0.454 e. The molecule has 1 aliphatic rings. The van der Waals surface area contributed by atoms with E-state index in [2.05, 4.69) is 20.5 Å².